The van der Waals surface area contributed by atoms with Gasteiger partial charge in [-0.3, -0.25) is 4.79 Å². The molecule has 0 aliphatic carbocycles. The number of phenolic OH excluding ortho intramolecular Hbond substituents is 1. The van der Waals surface area contributed by atoms with Gasteiger partial charge < -0.3 is 5.11 Å². The second kappa shape index (κ2) is 4.92. The Labute approximate surface area is 112 Å². The summed E-state index contributed by atoms with van der Waals surface area (Å²) in [7, 11) is 0. The molecule has 0 aliphatic rings. The minimum Gasteiger partial charge on any atom is -0.507 e. The molecule has 5 heteroatoms. The SMILES string of the molecule is O=C(CBr)c1cc(I)cc(O)c1I. The summed E-state index contributed by atoms with van der Waals surface area (Å²) in [5.41, 5.74) is 0.571. The Morgan fingerprint density at radius 1 is 1.46 bits per heavy atom. The summed E-state index contributed by atoms with van der Waals surface area (Å²) in [5.74, 6) is 0.148. The maximum Gasteiger partial charge on any atom is 0.174 e. The van der Waals surface area contributed by atoms with E-state index in [2.05, 4.69) is 38.5 Å². The van der Waals surface area contributed by atoms with Crippen LogP contribution in [0.1, 0.15) is 10.4 Å². The molecule has 0 radical (unpaired) electrons. The molecule has 13 heavy (non-hydrogen) atoms. The lowest BCUT2D eigenvalue weighted by atomic mass is 10.1. The first kappa shape index (κ1) is 11.7. The van der Waals surface area contributed by atoms with Crippen LogP contribution >= 0.6 is 61.1 Å². The van der Waals surface area contributed by atoms with Gasteiger partial charge in [0, 0.05) is 9.13 Å². The van der Waals surface area contributed by atoms with Gasteiger partial charge >= 0.3 is 0 Å². The Hall–Kier alpha value is 0.630. The van der Waals surface area contributed by atoms with Gasteiger partial charge in [-0.15, -0.1) is 0 Å². The highest BCUT2D eigenvalue weighted by Crippen LogP contribution is 2.26. The Kier molecular flexibility index (Phi) is 4.43. The van der Waals surface area contributed by atoms with Crippen LogP contribution in [0.5, 0.6) is 5.75 Å². The van der Waals surface area contributed by atoms with Gasteiger partial charge in [0.1, 0.15) is 5.75 Å². The summed E-state index contributed by atoms with van der Waals surface area (Å²) in [4.78, 5) is 11.4. The van der Waals surface area contributed by atoms with Gasteiger partial charge in [0.05, 0.1) is 8.90 Å². The first-order valence-electron chi connectivity index (χ1n) is 3.33. The number of phenols is 1. The van der Waals surface area contributed by atoms with Gasteiger partial charge in [-0.2, -0.15) is 0 Å². The molecule has 0 amide bonds. The van der Waals surface area contributed by atoms with Crippen LogP contribution in [-0.2, 0) is 0 Å². The third-order valence-corrected chi connectivity index (χ3v) is 3.71. The molecule has 1 rings (SSSR count). The molecule has 1 N–H and O–H groups in total. The monoisotopic (exact) mass is 466 g/mol. The molecular weight excluding hydrogens is 462 g/mol. The zero-order valence-electron chi connectivity index (χ0n) is 6.35. The standard InChI is InChI=1S/C8H5BrI2O2/c9-3-7(13)5-1-4(10)2-6(12)8(5)11/h1-2,12H,3H2. The number of hydrogen-bond donors (Lipinski definition) is 1. The maximum atomic E-state index is 11.4. The minimum atomic E-state index is -0.0155. The fourth-order valence-electron chi connectivity index (χ4n) is 0.850. The summed E-state index contributed by atoms with van der Waals surface area (Å²) < 4.78 is 1.47. The molecule has 1 aromatic rings. The van der Waals surface area contributed by atoms with E-state index in [1.807, 2.05) is 22.6 Å². The van der Waals surface area contributed by atoms with Crippen LogP contribution in [0.25, 0.3) is 0 Å². The van der Waals surface area contributed by atoms with E-state index >= 15 is 0 Å². The van der Waals surface area contributed by atoms with E-state index in [1.54, 1.807) is 12.1 Å². The number of carbonyl (C=O) groups excluding carboxylic acids is 1. The van der Waals surface area contributed by atoms with Gasteiger partial charge in [-0.1, -0.05) is 15.9 Å². The summed E-state index contributed by atoms with van der Waals surface area (Å²) in [6.45, 7) is 0. The zero-order valence-corrected chi connectivity index (χ0v) is 12.3. The molecule has 70 valence electrons. The molecule has 0 fully saturated rings. The number of alkyl halides is 1. The van der Waals surface area contributed by atoms with Crippen molar-refractivity contribution in [3.8, 4) is 5.75 Å². The van der Waals surface area contributed by atoms with E-state index in [4.69, 9.17) is 0 Å². The van der Waals surface area contributed by atoms with Crippen molar-refractivity contribution in [2.75, 3.05) is 5.33 Å². The number of Topliss-reactive ketones (excluding diaryl/α,β-unsaturated/α-hetero) is 1. The summed E-state index contributed by atoms with van der Waals surface area (Å²) in [6.07, 6.45) is 0. The van der Waals surface area contributed by atoms with Crippen molar-refractivity contribution < 1.29 is 9.90 Å². The average molecular weight is 467 g/mol. The third-order valence-electron chi connectivity index (χ3n) is 1.44. The fraction of sp³-hybridized carbons (Fsp3) is 0.125. The van der Waals surface area contributed by atoms with Crippen LogP contribution in [0.4, 0.5) is 0 Å². The molecule has 0 spiro atoms. The predicted octanol–water partition coefficient (Wildman–Crippen LogP) is 3.18. The van der Waals surface area contributed by atoms with E-state index < -0.39 is 0 Å². The van der Waals surface area contributed by atoms with Crippen molar-refractivity contribution >= 4 is 66.9 Å². The highest BCUT2D eigenvalue weighted by atomic mass is 127. The quantitative estimate of drug-likeness (QED) is 0.413. The first-order chi connectivity index (χ1) is 6.06. The van der Waals surface area contributed by atoms with Crippen molar-refractivity contribution in [2.45, 2.75) is 0 Å². The molecule has 0 heterocycles. The van der Waals surface area contributed by atoms with E-state index in [1.165, 1.54) is 0 Å². The van der Waals surface area contributed by atoms with Crippen LogP contribution in [0, 0.1) is 7.14 Å². The number of rotatable bonds is 2. The number of benzene rings is 1. The molecule has 0 aliphatic heterocycles. The first-order valence-corrected chi connectivity index (χ1v) is 6.61. The number of halogens is 3. The van der Waals surface area contributed by atoms with Crippen molar-refractivity contribution in [1.29, 1.82) is 0 Å². The number of carbonyl (C=O) groups is 1. The molecule has 0 aromatic heterocycles. The van der Waals surface area contributed by atoms with E-state index in [-0.39, 0.29) is 16.9 Å². The molecule has 0 saturated heterocycles. The van der Waals surface area contributed by atoms with Crippen molar-refractivity contribution in [2.24, 2.45) is 0 Å². The highest BCUT2D eigenvalue weighted by Gasteiger charge is 2.12. The molecule has 0 unspecified atom stereocenters. The molecule has 1 aromatic carbocycles. The van der Waals surface area contributed by atoms with E-state index in [0.717, 1.165) is 3.57 Å². The van der Waals surface area contributed by atoms with Gasteiger partial charge in [0.2, 0.25) is 0 Å². The summed E-state index contributed by atoms with van der Waals surface area (Å²) >= 11 is 7.13. The Morgan fingerprint density at radius 3 is 2.62 bits per heavy atom. The van der Waals surface area contributed by atoms with E-state index in [9.17, 15) is 9.90 Å². The minimum absolute atomic E-state index is 0.0155. The number of aromatic hydroxyl groups is 1. The van der Waals surface area contributed by atoms with Crippen LogP contribution in [0.15, 0.2) is 12.1 Å². The topological polar surface area (TPSA) is 37.3 Å². The molecule has 2 nitrogen and oxygen atoms in total. The molecule has 0 saturated carbocycles. The predicted molar refractivity (Wildman–Crippen MR) is 71.7 cm³/mol. The largest absolute Gasteiger partial charge is 0.507 e. The lowest BCUT2D eigenvalue weighted by Crippen LogP contribution is -2.03. The third kappa shape index (κ3) is 2.79. The lowest BCUT2D eigenvalue weighted by Gasteiger charge is -2.04. The average Bonchev–Trinajstić information content (AvgIpc) is 2.10. The highest BCUT2D eigenvalue weighted by molar-refractivity contribution is 14.1. The van der Waals surface area contributed by atoms with E-state index in [0.29, 0.717) is 9.13 Å². The maximum absolute atomic E-state index is 11.4. The van der Waals surface area contributed by atoms with Crippen LogP contribution in [-0.4, -0.2) is 16.2 Å². The normalized spacial score (nSPS) is 10.1. The van der Waals surface area contributed by atoms with Crippen LogP contribution in [0.3, 0.4) is 0 Å². The Morgan fingerprint density at radius 2 is 2.08 bits per heavy atom. The zero-order chi connectivity index (χ0) is 10.0. The van der Waals surface area contributed by atoms with Crippen molar-refractivity contribution in [1.82, 2.24) is 0 Å². The fourth-order valence-corrected chi connectivity index (χ4v) is 2.37. The number of ketones is 1. The van der Waals surface area contributed by atoms with Gasteiger partial charge in [0.15, 0.2) is 5.78 Å². The second-order valence-electron chi connectivity index (χ2n) is 2.34. The summed E-state index contributed by atoms with van der Waals surface area (Å²) in [6, 6.07) is 3.40. The molecular formula is C8H5BrI2O2. The van der Waals surface area contributed by atoms with Gasteiger partial charge in [-0.25, -0.2) is 0 Å². The van der Waals surface area contributed by atoms with Crippen molar-refractivity contribution in [3.05, 3.63) is 24.8 Å². The lowest BCUT2D eigenvalue weighted by molar-refractivity contribution is 0.102. The van der Waals surface area contributed by atoms with Crippen LogP contribution in [0.2, 0.25) is 0 Å². The van der Waals surface area contributed by atoms with Gasteiger partial charge in [0.25, 0.3) is 0 Å². The second-order valence-corrected chi connectivity index (χ2v) is 5.23. The Balaban J connectivity index is 3.28. The number of hydrogen-bond acceptors (Lipinski definition) is 2. The smallest absolute Gasteiger partial charge is 0.174 e. The van der Waals surface area contributed by atoms with Crippen molar-refractivity contribution in [3.63, 3.8) is 0 Å². The van der Waals surface area contributed by atoms with Gasteiger partial charge in [-0.05, 0) is 57.3 Å². The Bertz CT molecular complexity index is 352. The molecule has 0 atom stereocenters. The summed E-state index contributed by atoms with van der Waals surface area (Å²) in [5, 5.41) is 9.73. The molecule has 0 bridgehead atoms. The van der Waals surface area contributed by atoms with Crippen LogP contribution < -0.4 is 0 Å².